The number of amides is 1. The van der Waals surface area contributed by atoms with Gasteiger partial charge < -0.3 is 4.90 Å². The van der Waals surface area contributed by atoms with Crippen LogP contribution in [0.15, 0.2) is 54.6 Å². The van der Waals surface area contributed by atoms with Gasteiger partial charge in [0.1, 0.15) is 0 Å². The molecular weight excluding hydrogens is 248 g/mol. The molecule has 2 aromatic carbocycles. The maximum Gasteiger partial charge on any atom is 0.233 e. The first kappa shape index (κ1) is 12.7. The lowest BCUT2D eigenvalue weighted by Gasteiger charge is -2.25. The maximum absolute atomic E-state index is 12.5. The second-order valence-corrected chi connectivity index (χ2v) is 4.88. The van der Waals surface area contributed by atoms with Crippen LogP contribution in [-0.2, 0) is 4.79 Å². The first-order chi connectivity index (χ1) is 9.81. The number of carbonyl (C=O) groups is 1. The molecule has 3 nitrogen and oxygen atoms in total. The Balaban J connectivity index is 2.15. The van der Waals surface area contributed by atoms with Crippen LogP contribution in [0.2, 0.25) is 0 Å². The van der Waals surface area contributed by atoms with E-state index in [9.17, 15) is 4.79 Å². The number of hydrogen-bond acceptors (Lipinski definition) is 2. The Hall–Kier alpha value is -2.29. The Morgan fingerprint density at radius 2 is 1.60 bits per heavy atom. The van der Waals surface area contributed by atoms with Crippen molar-refractivity contribution in [1.82, 2.24) is 0 Å². The highest BCUT2D eigenvalue weighted by molar-refractivity contribution is 6.04. The van der Waals surface area contributed by atoms with Crippen LogP contribution in [0.1, 0.15) is 13.3 Å². The zero-order valence-electron chi connectivity index (χ0n) is 11.6. The summed E-state index contributed by atoms with van der Waals surface area (Å²) in [7, 11) is 0. The number of fused-ring (bicyclic) bond motifs is 1. The smallest absolute Gasteiger partial charge is 0.233 e. The number of rotatable bonds is 2. The van der Waals surface area contributed by atoms with Gasteiger partial charge >= 0.3 is 0 Å². The third kappa shape index (κ3) is 2.16. The molecule has 3 heteroatoms. The zero-order chi connectivity index (χ0) is 13.9. The van der Waals surface area contributed by atoms with E-state index in [1.807, 2.05) is 53.4 Å². The summed E-state index contributed by atoms with van der Waals surface area (Å²) in [5.74, 6) is 0.152. The molecule has 1 aliphatic rings. The van der Waals surface area contributed by atoms with Crippen LogP contribution in [0.4, 0.5) is 17.1 Å². The van der Waals surface area contributed by atoms with Crippen LogP contribution in [0.25, 0.3) is 0 Å². The molecule has 0 spiro atoms. The van der Waals surface area contributed by atoms with Crippen LogP contribution >= 0.6 is 0 Å². The van der Waals surface area contributed by atoms with Crippen molar-refractivity contribution in [1.29, 1.82) is 0 Å². The molecule has 0 bridgehead atoms. The SMILES string of the molecule is CCN1CCC(=O)N(c2ccccc2)c2ccccc21. The van der Waals surface area contributed by atoms with Crippen molar-refractivity contribution in [3.63, 3.8) is 0 Å². The summed E-state index contributed by atoms with van der Waals surface area (Å²) in [6.45, 7) is 3.81. The first-order valence-electron chi connectivity index (χ1n) is 7.03. The minimum Gasteiger partial charge on any atom is -0.370 e. The van der Waals surface area contributed by atoms with Gasteiger partial charge in [0.2, 0.25) is 5.91 Å². The van der Waals surface area contributed by atoms with E-state index in [4.69, 9.17) is 0 Å². The molecule has 0 atom stereocenters. The average Bonchev–Trinajstić information content (AvgIpc) is 2.64. The lowest BCUT2D eigenvalue weighted by molar-refractivity contribution is -0.117. The van der Waals surface area contributed by atoms with Crippen LogP contribution in [0.5, 0.6) is 0 Å². The fourth-order valence-electron chi connectivity index (χ4n) is 2.71. The first-order valence-corrected chi connectivity index (χ1v) is 7.03. The molecule has 0 radical (unpaired) electrons. The van der Waals surface area contributed by atoms with Gasteiger partial charge in [0.05, 0.1) is 11.4 Å². The summed E-state index contributed by atoms with van der Waals surface area (Å²) in [6, 6.07) is 18.0. The van der Waals surface area contributed by atoms with Crippen molar-refractivity contribution in [2.24, 2.45) is 0 Å². The predicted molar refractivity (Wildman–Crippen MR) is 82.5 cm³/mol. The third-order valence-corrected chi connectivity index (χ3v) is 3.70. The zero-order valence-corrected chi connectivity index (χ0v) is 11.6. The van der Waals surface area contributed by atoms with Crippen LogP contribution in [0.3, 0.4) is 0 Å². The molecule has 20 heavy (non-hydrogen) atoms. The van der Waals surface area contributed by atoms with Crippen molar-refractivity contribution >= 4 is 23.0 Å². The van der Waals surface area contributed by atoms with E-state index in [-0.39, 0.29) is 5.91 Å². The van der Waals surface area contributed by atoms with Crippen molar-refractivity contribution in [2.45, 2.75) is 13.3 Å². The second kappa shape index (κ2) is 5.37. The average molecular weight is 266 g/mol. The van der Waals surface area contributed by atoms with Gasteiger partial charge in [-0.2, -0.15) is 0 Å². The van der Waals surface area contributed by atoms with E-state index in [2.05, 4.69) is 17.9 Å². The van der Waals surface area contributed by atoms with Crippen molar-refractivity contribution in [3.05, 3.63) is 54.6 Å². The number of anilines is 3. The van der Waals surface area contributed by atoms with Crippen LogP contribution in [0, 0.1) is 0 Å². The Morgan fingerprint density at radius 1 is 0.950 bits per heavy atom. The molecule has 0 unspecified atom stereocenters. The van der Waals surface area contributed by atoms with Crippen molar-refractivity contribution in [3.8, 4) is 0 Å². The predicted octanol–water partition coefficient (Wildman–Crippen LogP) is 3.58. The number of carbonyl (C=O) groups excluding carboxylic acids is 1. The maximum atomic E-state index is 12.5. The number of para-hydroxylation sites is 3. The monoisotopic (exact) mass is 266 g/mol. The topological polar surface area (TPSA) is 23.6 Å². The Labute approximate surface area is 119 Å². The molecule has 1 heterocycles. The van der Waals surface area contributed by atoms with Gasteiger partial charge in [-0.1, -0.05) is 30.3 Å². The molecule has 3 rings (SSSR count). The molecule has 0 fully saturated rings. The van der Waals surface area contributed by atoms with Gasteiger partial charge in [-0.15, -0.1) is 0 Å². The van der Waals surface area contributed by atoms with Gasteiger partial charge in [0.25, 0.3) is 0 Å². The fraction of sp³-hybridized carbons (Fsp3) is 0.235. The molecule has 0 aromatic heterocycles. The Morgan fingerprint density at radius 3 is 2.30 bits per heavy atom. The highest BCUT2D eigenvalue weighted by Gasteiger charge is 2.26. The summed E-state index contributed by atoms with van der Waals surface area (Å²) in [6.07, 6.45) is 0.539. The largest absolute Gasteiger partial charge is 0.370 e. The molecular formula is C17H18N2O. The number of benzene rings is 2. The normalized spacial score (nSPS) is 14.9. The quantitative estimate of drug-likeness (QED) is 0.829. The lowest BCUT2D eigenvalue weighted by atomic mass is 10.2. The number of hydrogen-bond donors (Lipinski definition) is 0. The molecule has 102 valence electrons. The van der Waals surface area contributed by atoms with Gasteiger partial charge in [-0.05, 0) is 31.2 Å². The fourth-order valence-corrected chi connectivity index (χ4v) is 2.71. The molecule has 1 amide bonds. The van der Waals surface area contributed by atoms with E-state index in [1.54, 1.807) is 0 Å². The van der Waals surface area contributed by atoms with E-state index in [0.717, 1.165) is 30.2 Å². The minimum absolute atomic E-state index is 0.152. The van der Waals surface area contributed by atoms with E-state index in [1.165, 1.54) is 0 Å². The molecule has 1 aliphatic heterocycles. The summed E-state index contributed by atoms with van der Waals surface area (Å²) in [4.78, 5) is 16.6. The highest BCUT2D eigenvalue weighted by atomic mass is 16.2. The molecule has 0 saturated heterocycles. The summed E-state index contributed by atoms with van der Waals surface area (Å²) >= 11 is 0. The van der Waals surface area contributed by atoms with E-state index >= 15 is 0 Å². The Kier molecular flexibility index (Phi) is 3.42. The van der Waals surface area contributed by atoms with E-state index < -0.39 is 0 Å². The van der Waals surface area contributed by atoms with E-state index in [0.29, 0.717) is 6.42 Å². The van der Waals surface area contributed by atoms with Gasteiger partial charge in [0, 0.05) is 25.2 Å². The lowest BCUT2D eigenvalue weighted by Crippen LogP contribution is -2.26. The molecule has 0 aliphatic carbocycles. The van der Waals surface area contributed by atoms with Crippen molar-refractivity contribution < 1.29 is 4.79 Å². The van der Waals surface area contributed by atoms with Crippen LogP contribution in [-0.4, -0.2) is 19.0 Å². The Bertz CT molecular complexity index is 609. The molecule has 0 saturated carbocycles. The van der Waals surface area contributed by atoms with Gasteiger partial charge in [0.15, 0.2) is 0 Å². The molecule has 2 aromatic rings. The highest BCUT2D eigenvalue weighted by Crippen LogP contribution is 2.36. The third-order valence-electron chi connectivity index (χ3n) is 3.70. The summed E-state index contributed by atoms with van der Waals surface area (Å²) in [5, 5.41) is 0. The van der Waals surface area contributed by atoms with Gasteiger partial charge in [-0.3, -0.25) is 9.69 Å². The minimum atomic E-state index is 0.152. The van der Waals surface area contributed by atoms with Crippen LogP contribution < -0.4 is 9.80 Å². The summed E-state index contributed by atoms with van der Waals surface area (Å²) in [5.41, 5.74) is 3.04. The molecule has 0 N–H and O–H groups in total. The standard InChI is InChI=1S/C17H18N2O/c1-2-18-13-12-17(20)19(14-8-4-3-5-9-14)16-11-7-6-10-15(16)18/h3-11H,2,12-13H2,1H3. The van der Waals surface area contributed by atoms with Gasteiger partial charge in [-0.25, -0.2) is 0 Å². The second-order valence-electron chi connectivity index (χ2n) is 4.88. The summed E-state index contributed by atoms with van der Waals surface area (Å²) < 4.78 is 0. The number of nitrogens with zero attached hydrogens (tertiary/aromatic N) is 2. The van der Waals surface area contributed by atoms with Crippen molar-refractivity contribution in [2.75, 3.05) is 22.9 Å².